The molecule has 0 aliphatic rings. The summed E-state index contributed by atoms with van der Waals surface area (Å²) < 4.78 is 16.1. The minimum Gasteiger partial charge on any atom is -0.289 e. The lowest BCUT2D eigenvalue weighted by atomic mass is 10.2. The minimum absolute atomic E-state index is 0.0703. The van der Waals surface area contributed by atoms with E-state index in [1.165, 1.54) is 28.8 Å². The Kier molecular flexibility index (Phi) is 5.26. The Hall–Kier alpha value is -2.89. The van der Waals surface area contributed by atoms with E-state index in [0.29, 0.717) is 16.1 Å². The van der Waals surface area contributed by atoms with Gasteiger partial charge in [0.1, 0.15) is 5.82 Å². The molecule has 0 spiro atoms. The van der Waals surface area contributed by atoms with Crippen molar-refractivity contribution < 1.29 is 4.39 Å². The number of rotatable bonds is 4. The van der Waals surface area contributed by atoms with E-state index in [4.69, 9.17) is 23.2 Å². The number of hydrogen-bond donors (Lipinski definition) is 0. The normalized spacial score (nSPS) is 11.1. The van der Waals surface area contributed by atoms with Crippen LogP contribution in [-0.4, -0.2) is 9.13 Å². The zero-order valence-electron chi connectivity index (χ0n) is 15.1. The van der Waals surface area contributed by atoms with Gasteiger partial charge in [-0.1, -0.05) is 65.7 Å². The van der Waals surface area contributed by atoms with E-state index in [9.17, 15) is 14.0 Å². The second-order valence-electron chi connectivity index (χ2n) is 6.66. The number of benzene rings is 3. The highest BCUT2D eigenvalue weighted by Crippen LogP contribution is 2.25. The SMILES string of the molecule is O=c1c2c(Cl)cc(Cl)cc2n(Cc2ccccc2)c(=O)n1Cc1cccc(F)c1. The first-order valence-corrected chi connectivity index (χ1v) is 9.60. The Morgan fingerprint density at radius 2 is 1.48 bits per heavy atom. The number of aromatic nitrogens is 2. The molecule has 0 saturated carbocycles. The lowest BCUT2D eigenvalue weighted by Gasteiger charge is -2.15. The maximum absolute atomic E-state index is 13.6. The molecule has 0 radical (unpaired) electrons. The fraction of sp³-hybridized carbons (Fsp3) is 0.0909. The van der Waals surface area contributed by atoms with Crippen molar-refractivity contribution in [1.82, 2.24) is 9.13 Å². The smallest absolute Gasteiger partial charge is 0.289 e. The van der Waals surface area contributed by atoms with Crippen molar-refractivity contribution in [3.8, 4) is 0 Å². The highest BCUT2D eigenvalue weighted by molar-refractivity contribution is 6.38. The quantitative estimate of drug-likeness (QED) is 0.472. The monoisotopic (exact) mass is 428 g/mol. The molecule has 4 aromatic rings. The van der Waals surface area contributed by atoms with Crippen molar-refractivity contribution in [1.29, 1.82) is 0 Å². The highest BCUT2D eigenvalue weighted by Gasteiger charge is 2.17. The molecule has 7 heteroatoms. The van der Waals surface area contributed by atoms with Crippen LogP contribution in [0, 0.1) is 5.82 Å². The van der Waals surface area contributed by atoms with Crippen molar-refractivity contribution in [2.75, 3.05) is 0 Å². The van der Waals surface area contributed by atoms with Gasteiger partial charge in [0.05, 0.1) is 29.0 Å². The third-order valence-corrected chi connectivity index (χ3v) is 5.18. The van der Waals surface area contributed by atoms with Crippen LogP contribution in [0.4, 0.5) is 4.39 Å². The maximum atomic E-state index is 13.6. The summed E-state index contributed by atoms with van der Waals surface area (Å²) in [5.41, 5.74) is 0.675. The third kappa shape index (κ3) is 3.84. The molecular weight excluding hydrogens is 414 g/mol. The Labute approximate surface area is 175 Å². The van der Waals surface area contributed by atoms with Gasteiger partial charge in [-0.3, -0.25) is 13.9 Å². The van der Waals surface area contributed by atoms with Crippen LogP contribution in [0.1, 0.15) is 11.1 Å². The fourth-order valence-electron chi connectivity index (χ4n) is 3.33. The summed E-state index contributed by atoms with van der Waals surface area (Å²) in [5.74, 6) is -0.439. The van der Waals surface area contributed by atoms with Gasteiger partial charge >= 0.3 is 5.69 Å². The van der Waals surface area contributed by atoms with E-state index >= 15 is 0 Å². The molecule has 29 heavy (non-hydrogen) atoms. The standard InChI is InChI=1S/C22H15Cl2FN2O2/c23-16-10-18(24)20-19(11-16)26(12-14-5-2-1-3-6-14)22(29)27(21(20)28)13-15-7-4-8-17(25)9-15/h1-11H,12-13H2. The molecule has 1 aromatic heterocycles. The second-order valence-corrected chi connectivity index (χ2v) is 7.50. The summed E-state index contributed by atoms with van der Waals surface area (Å²) in [6.45, 7) is 0.162. The number of halogens is 3. The molecule has 0 bridgehead atoms. The second kappa shape index (κ2) is 7.85. The van der Waals surface area contributed by atoms with Crippen molar-refractivity contribution in [2.45, 2.75) is 13.1 Å². The summed E-state index contributed by atoms with van der Waals surface area (Å²) >= 11 is 12.5. The predicted molar refractivity (Wildman–Crippen MR) is 114 cm³/mol. The molecule has 0 saturated heterocycles. The van der Waals surface area contributed by atoms with E-state index in [1.807, 2.05) is 30.3 Å². The Bertz CT molecular complexity index is 1330. The molecule has 0 unspecified atom stereocenters. The van der Waals surface area contributed by atoms with E-state index in [-0.39, 0.29) is 23.5 Å². The molecular formula is C22H15Cl2FN2O2. The number of hydrogen-bond acceptors (Lipinski definition) is 2. The molecule has 1 heterocycles. The molecule has 0 atom stereocenters. The zero-order valence-corrected chi connectivity index (χ0v) is 16.6. The fourth-order valence-corrected chi connectivity index (χ4v) is 3.89. The van der Waals surface area contributed by atoms with E-state index < -0.39 is 17.1 Å². The van der Waals surface area contributed by atoms with Crippen LogP contribution in [0.15, 0.2) is 76.3 Å². The first kappa shape index (κ1) is 19.4. The summed E-state index contributed by atoms with van der Waals surface area (Å²) in [4.78, 5) is 26.4. The Morgan fingerprint density at radius 1 is 0.793 bits per heavy atom. The molecule has 4 rings (SSSR count). The average molecular weight is 429 g/mol. The minimum atomic E-state index is -0.541. The molecule has 0 amide bonds. The van der Waals surface area contributed by atoms with Gasteiger partial charge in [-0.25, -0.2) is 9.18 Å². The van der Waals surface area contributed by atoms with Crippen molar-refractivity contribution in [3.05, 3.63) is 115 Å². The summed E-state index contributed by atoms with van der Waals surface area (Å²) in [7, 11) is 0. The van der Waals surface area contributed by atoms with E-state index in [1.54, 1.807) is 12.1 Å². The van der Waals surface area contributed by atoms with Gasteiger partial charge < -0.3 is 0 Å². The summed E-state index contributed by atoms with van der Waals surface area (Å²) in [6.07, 6.45) is 0. The van der Waals surface area contributed by atoms with Crippen LogP contribution in [0.25, 0.3) is 10.9 Å². The first-order chi connectivity index (χ1) is 13.9. The van der Waals surface area contributed by atoms with Crippen LogP contribution in [-0.2, 0) is 13.1 Å². The Morgan fingerprint density at radius 3 is 2.21 bits per heavy atom. The van der Waals surface area contributed by atoms with Gasteiger partial charge in [0.25, 0.3) is 5.56 Å². The maximum Gasteiger partial charge on any atom is 0.332 e. The van der Waals surface area contributed by atoms with Gasteiger partial charge in [-0.2, -0.15) is 0 Å². The van der Waals surface area contributed by atoms with Crippen molar-refractivity contribution in [3.63, 3.8) is 0 Å². The van der Waals surface area contributed by atoms with Crippen LogP contribution < -0.4 is 11.2 Å². The molecule has 146 valence electrons. The van der Waals surface area contributed by atoms with Gasteiger partial charge in [-0.05, 0) is 35.4 Å². The predicted octanol–water partition coefficient (Wildman–Crippen LogP) is 4.71. The molecule has 0 aliphatic heterocycles. The molecule has 0 aliphatic carbocycles. The topological polar surface area (TPSA) is 44.0 Å². The van der Waals surface area contributed by atoms with Gasteiger partial charge in [0.2, 0.25) is 0 Å². The lowest BCUT2D eigenvalue weighted by Crippen LogP contribution is -2.40. The largest absolute Gasteiger partial charge is 0.332 e. The molecule has 3 aromatic carbocycles. The average Bonchev–Trinajstić information content (AvgIpc) is 2.69. The van der Waals surface area contributed by atoms with Crippen LogP contribution in [0.3, 0.4) is 0 Å². The lowest BCUT2D eigenvalue weighted by molar-refractivity contribution is 0.612. The van der Waals surface area contributed by atoms with Crippen molar-refractivity contribution >= 4 is 34.1 Å². The molecule has 0 fully saturated rings. The summed E-state index contributed by atoms with van der Waals surface area (Å²) in [6, 6.07) is 18.2. The molecule has 4 nitrogen and oxygen atoms in total. The van der Waals surface area contributed by atoms with Gasteiger partial charge in [0.15, 0.2) is 0 Å². The van der Waals surface area contributed by atoms with Gasteiger partial charge in [0, 0.05) is 5.02 Å². The first-order valence-electron chi connectivity index (χ1n) is 8.85. The van der Waals surface area contributed by atoms with Crippen LogP contribution in [0.2, 0.25) is 10.0 Å². The van der Waals surface area contributed by atoms with E-state index in [2.05, 4.69) is 0 Å². The highest BCUT2D eigenvalue weighted by atomic mass is 35.5. The van der Waals surface area contributed by atoms with E-state index in [0.717, 1.165) is 10.1 Å². The number of nitrogens with zero attached hydrogens (tertiary/aromatic N) is 2. The summed E-state index contributed by atoms with van der Waals surface area (Å²) in [5, 5.41) is 0.682. The zero-order chi connectivity index (χ0) is 20.5. The molecule has 0 N–H and O–H groups in total. The van der Waals surface area contributed by atoms with Crippen molar-refractivity contribution in [2.24, 2.45) is 0 Å². The van der Waals surface area contributed by atoms with Gasteiger partial charge in [-0.15, -0.1) is 0 Å². The number of fused-ring (bicyclic) bond motifs is 1. The van der Waals surface area contributed by atoms with Crippen LogP contribution in [0.5, 0.6) is 0 Å². The Balaban J connectivity index is 1.99. The van der Waals surface area contributed by atoms with Crippen LogP contribution >= 0.6 is 23.2 Å². The third-order valence-electron chi connectivity index (χ3n) is 4.66.